The lowest BCUT2D eigenvalue weighted by Gasteiger charge is -2.23. The standard InChI is InChI=1S/C15H20O2/c1-17-14-7-6-11-4-2-3-5-12(11)13(14)10-15(16)8-9-15/h6-7,16H,2-5,8-10H2,1H3. The molecule has 2 aliphatic carbocycles. The molecule has 0 atom stereocenters. The molecule has 0 bridgehead atoms. The van der Waals surface area contributed by atoms with E-state index in [-0.39, 0.29) is 0 Å². The van der Waals surface area contributed by atoms with Gasteiger partial charge in [-0.1, -0.05) is 6.07 Å². The molecule has 1 aromatic rings. The fourth-order valence-electron chi connectivity index (χ4n) is 2.92. The molecule has 1 aromatic carbocycles. The molecule has 0 saturated heterocycles. The van der Waals surface area contributed by atoms with Crippen LogP contribution < -0.4 is 4.74 Å². The summed E-state index contributed by atoms with van der Waals surface area (Å²) >= 11 is 0. The second-order valence-electron chi connectivity index (χ2n) is 5.49. The Kier molecular flexibility index (Phi) is 2.62. The van der Waals surface area contributed by atoms with Gasteiger partial charge in [0.1, 0.15) is 5.75 Å². The molecule has 0 aliphatic heterocycles. The number of hydrogen-bond donors (Lipinski definition) is 1. The van der Waals surface area contributed by atoms with E-state index in [1.165, 1.54) is 36.0 Å². The number of rotatable bonds is 3. The Hall–Kier alpha value is -1.02. The van der Waals surface area contributed by atoms with Crippen LogP contribution in [-0.2, 0) is 19.3 Å². The summed E-state index contributed by atoms with van der Waals surface area (Å²) in [6, 6.07) is 4.28. The summed E-state index contributed by atoms with van der Waals surface area (Å²) in [5.41, 5.74) is 3.76. The third-order valence-electron chi connectivity index (χ3n) is 4.16. The van der Waals surface area contributed by atoms with Crippen LogP contribution in [-0.4, -0.2) is 17.8 Å². The topological polar surface area (TPSA) is 29.5 Å². The Bertz CT molecular complexity index is 433. The van der Waals surface area contributed by atoms with E-state index in [1.807, 2.05) is 0 Å². The molecule has 1 saturated carbocycles. The van der Waals surface area contributed by atoms with Crippen molar-refractivity contribution in [3.63, 3.8) is 0 Å². The quantitative estimate of drug-likeness (QED) is 0.868. The Morgan fingerprint density at radius 3 is 2.71 bits per heavy atom. The number of aliphatic hydroxyl groups is 1. The highest BCUT2D eigenvalue weighted by Crippen LogP contribution is 2.42. The van der Waals surface area contributed by atoms with Gasteiger partial charge in [0.25, 0.3) is 0 Å². The van der Waals surface area contributed by atoms with Crippen molar-refractivity contribution in [3.05, 3.63) is 28.8 Å². The lowest BCUT2D eigenvalue weighted by Crippen LogP contribution is -2.16. The first-order valence-corrected chi connectivity index (χ1v) is 6.62. The average Bonchev–Trinajstić information content (AvgIpc) is 3.08. The van der Waals surface area contributed by atoms with Crippen molar-refractivity contribution in [2.75, 3.05) is 7.11 Å². The van der Waals surface area contributed by atoms with Gasteiger partial charge < -0.3 is 9.84 Å². The van der Waals surface area contributed by atoms with E-state index in [0.717, 1.165) is 31.4 Å². The third kappa shape index (κ3) is 2.06. The monoisotopic (exact) mass is 232 g/mol. The normalized spacial score (nSPS) is 20.8. The molecule has 0 aromatic heterocycles. The predicted molar refractivity (Wildman–Crippen MR) is 67.5 cm³/mol. The second kappa shape index (κ2) is 4.02. The molecule has 1 N–H and O–H groups in total. The molecule has 92 valence electrons. The molecule has 0 radical (unpaired) electrons. The number of methoxy groups -OCH3 is 1. The zero-order valence-electron chi connectivity index (χ0n) is 10.5. The summed E-state index contributed by atoms with van der Waals surface area (Å²) in [5, 5.41) is 10.1. The molecule has 2 nitrogen and oxygen atoms in total. The van der Waals surface area contributed by atoms with Crippen LogP contribution in [0.15, 0.2) is 12.1 Å². The van der Waals surface area contributed by atoms with Crippen molar-refractivity contribution in [3.8, 4) is 5.75 Å². The van der Waals surface area contributed by atoms with Crippen LogP contribution >= 0.6 is 0 Å². The smallest absolute Gasteiger partial charge is 0.122 e. The van der Waals surface area contributed by atoms with Crippen molar-refractivity contribution in [1.82, 2.24) is 0 Å². The maximum absolute atomic E-state index is 10.1. The lowest BCUT2D eigenvalue weighted by molar-refractivity contribution is 0.149. The molecule has 17 heavy (non-hydrogen) atoms. The first-order valence-electron chi connectivity index (χ1n) is 6.62. The Balaban J connectivity index is 2.01. The average molecular weight is 232 g/mol. The van der Waals surface area contributed by atoms with Crippen LogP contribution in [0.25, 0.3) is 0 Å². The van der Waals surface area contributed by atoms with Crippen LogP contribution in [0, 0.1) is 0 Å². The highest BCUT2D eigenvalue weighted by atomic mass is 16.5. The first-order chi connectivity index (χ1) is 8.22. The minimum Gasteiger partial charge on any atom is -0.496 e. The molecule has 0 spiro atoms. The van der Waals surface area contributed by atoms with Gasteiger partial charge in [-0.25, -0.2) is 0 Å². The molecule has 2 heteroatoms. The molecule has 0 amide bonds. The van der Waals surface area contributed by atoms with Gasteiger partial charge in [-0.15, -0.1) is 0 Å². The number of aryl methyl sites for hydroxylation is 1. The van der Waals surface area contributed by atoms with Crippen molar-refractivity contribution < 1.29 is 9.84 Å². The number of benzene rings is 1. The van der Waals surface area contributed by atoms with Gasteiger partial charge >= 0.3 is 0 Å². The number of ether oxygens (including phenoxy) is 1. The molecule has 2 aliphatic rings. The van der Waals surface area contributed by atoms with Crippen molar-refractivity contribution in [2.45, 2.75) is 50.5 Å². The van der Waals surface area contributed by atoms with E-state index < -0.39 is 5.60 Å². The Morgan fingerprint density at radius 2 is 2.00 bits per heavy atom. The number of fused-ring (bicyclic) bond motifs is 1. The lowest BCUT2D eigenvalue weighted by atomic mass is 9.85. The minimum absolute atomic E-state index is 0.431. The van der Waals surface area contributed by atoms with Gasteiger partial charge in [-0.2, -0.15) is 0 Å². The van der Waals surface area contributed by atoms with E-state index in [9.17, 15) is 5.11 Å². The van der Waals surface area contributed by atoms with Crippen molar-refractivity contribution in [1.29, 1.82) is 0 Å². The maximum Gasteiger partial charge on any atom is 0.122 e. The number of hydrogen-bond acceptors (Lipinski definition) is 2. The fourth-order valence-corrected chi connectivity index (χ4v) is 2.92. The van der Waals surface area contributed by atoms with E-state index in [2.05, 4.69) is 12.1 Å². The summed E-state index contributed by atoms with van der Waals surface area (Å²) in [5.74, 6) is 0.964. The first kappa shape index (κ1) is 11.1. The van der Waals surface area contributed by atoms with Crippen molar-refractivity contribution >= 4 is 0 Å². The van der Waals surface area contributed by atoms with Gasteiger partial charge in [0.2, 0.25) is 0 Å². The van der Waals surface area contributed by atoms with E-state index in [1.54, 1.807) is 7.11 Å². The highest BCUT2D eigenvalue weighted by Gasteiger charge is 2.41. The zero-order chi connectivity index (χ0) is 11.9. The molecule has 0 heterocycles. The SMILES string of the molecule is COc1ccc2c(c1CC1(O)CC1)CCCC2. The summed E-state index contributed by atoms with van der Waals surface area (Å²) < 4.78 is 5.47. The minimum atomic E-state index is -0.431. The van der Waals surface area contributed by atoms with Gasteiger partial charge in [-0.3, -0.25) is 0 Å². The van der Waals surface area contributed by atoms with Gasteiger partial charge in [0.05, 0.1) is 12.7 Å². The Labute approximate surface area is 103 Å². The summed E-state index contributed by atoms with van der Waals surface area (Å²) in [6.45, 7) is 0. The molecule has 0 unspecified atom stereocenters. The second-order valence-corrected chi connectivity index (χ2v) is 5.49. The van der Waals surface area contributed by atoms with Crippen LogP contribution in [0.1, 0.15) is 42.4 Å². The fraction of sp³-hybridized carbons (Fsp3) is 0.600. The van der Waals surface area contributed by atoms with Crippen LogP contribution in [0.2, 0.25) is 0 Å². The van der Waals surface area contributed by atoms with Gasteiger partial charge in [-0.05, 0) is 55.7 Å². The van der Waals surface area contributed by atoms with Crippen LogP contribution in [0.3, 0.4) is 0 Å². The van der Waals surface area contributed by atoms with Crippen LogP contribution in [0.4, 0.5) is 0 Å². The summed E-state index contributed by atoms with van der Waals surface area (Å²) in [4.78, 5) is 0. The largest absolute Gasteiger partial charge is 0.496 e. The Morgan fingerprint density at radius 1 is 1.24 bits per heavy atom. The zero-order valence-corrected chi connectivity index (χ0v) is 10.5. The predicted octanol–water partition coefficient (Wildman–Crippen LogP) is 2.64. The highest BCUT2D eigenvalue weighted by molar-refractivity contribution is 5.47. The van der Waals surface area contributed by atoms with Crippen molar-refractivity contribution in [2.24, 2.45) is 0 Å². The summed E-state index contributed by atoms with van der Waals surface area (Å²) in [7, 11) is 1.73. The summed E-state index contributed by atoms with van der Waals surface area (Å²) in [6.07, 6.45) is 7.57. The van der Waals surface area contributed by atoms with E-state index in [4.69, 9.17) is 4.74 Å². The maximum atomic E-state index is 10.1. The molecule has 3 rings (SSSR count). The van der Waals surface area contributed by atoms with Gasteiger partial charge in [0, 0.05) is 12.0 Å². The van der Waals surface area contributed by atoms with E-state index >= 15 is 0 Å². The van der Waals surface area contributed by atoms with E-state index in [0.29, 0.717) is 0 Å². The molecular weight excluding hydrogens is 212 g/mol. The third-order valence-corrected chi connectivity index (χ3v) is 4.16. The molecular formula is C15H20O2. The van der Waals surface area contributed by atoms with Crippen LogP contribution in [0.5, 0.6) is 5.75 Å². The molecule has 1 fully saturated rings. The van der Waals surface area contributed by atoms with Gasteiger partial charge in [0.15, 0.2) is 0 Å².